The van der Waals surface area contributed by atoms with Crippen molar-refractivity contribution in [2.24, 2.45) is 5.73 Å². The highest BCUT2D eigenvalue weighted by Crippen LogP contribution is 2.21. The number of carbonyl (C=O) groups is 1. The van der Waals surface area contributed by atoms with Gasteiger partial charge in [-0.25, -0.2) is 17.5 Å². The smallest absolute Gasteiger partial charge is 0.241 e. The number of anilines is 1. The summed E-state index contributed by atoms with van der Waals surface area (Å²) in [5, 5.41) is 0. The summed E-state index contributed by atoms with van der Waals surface area (Å²) < 4.78 is 38.7. The molecule has 0 unspecified atom stereocenters. The van der Waals surface area contributed by atoms with Gasteiger partial charge in [0.25, 0.3) is 0 Å². The molecule has 0 bridgehead atoms. The molecule has 0 radical (unpaired) electrons. The van der Waals surface area contributed by atoms with E-state index >= 15 is 0 Å². The highest BCUT2D eigenvalue weighted by molar-refractivity contribution is 7.89. The van der Waals surface area contributed by atoms with Crippen molar-refractivity contribution >= 4 is 21.6 Å². The lowest BCUT2D eigenvalue weighted by Crippen LogP contribution is -2.33. The lowest BCUT2D eigenvalue weighted by atomic mass is 10.2. The first-order chi connectivity index (χ1) is 7.74. The number of halogens is 1. The van der Waals surface area contributed by atoms with Crippen LogP contribution in [0.2, 0.25) is 0 Å². The van der Waals surface area contributed by atoms with E-state index in [1.54, 1.807) is 0 Å². The number of rotatable bonds is 4. The van der Waals surface area contributed by atoms with E-state index in [-0.39, 0.29) is 16.1 Å². The van der Waals surface area contributed by atoms with Gasteiger partial charge in [-0.3, -0.25) is 4.79 Å². The fraction of sp³-hybridized carbons (Fsp3) is 0.222. The Morgan fingerprint density at radius 2 is 2.06 bits per heavy atom. The van der Waals surface area contributed by atoms with Crippen molar-refractivity contribution in [2.45, 2.75) is 11.8 Å². The molecule has 0 aromatic heterocycles. The SMILES string of the molecule is Cc1c(F)cc(N)cc1S(=O)(=O)NCC(N)=O. The van der Waals surface area contributed by atoms with Crippen LogP contribution in [-0.2, 0) is 14.8 Å². The molecule has 1 aromatic carbocycles. The topological polar surface area (TPSA) is 115 Å². The third-order valence-electron chi connectivity index (χ3n) is 2.04. The first-order valence-corrected chi connectivity index (χ1v) is 6.06. The number of nitrogen functional groups attached to an aromatic ring is 1. The normalized spacial score (nSPS) is 11.4. The highest BCUT2D eigenvalue weighted by Gasteiger charge is 2.20. The molecule has 8 heteroatoms. The summed E-state index contributed by atoms with van der Waals surface area (Å²) >= 11 is 0. The van der Waals surface area contributed by atoms with Crippen molar-refractivity contribution < 1.29 is 17.6 Å². The van der Waals surface area contributed by atoms with Crippen molar-refractivity contribution in [1.29, 1.82) is 0 Å². The molecule has 94 valence electrons. The van der Waals surface area contributed by atoms with Gasteiger partial charge in [-0.2, -0.15) is 0 Å². The highest BCUT2D eigenvalue weighted by atomic mass is 32.2. The number of primary amides is 1. The molecular weight excluding hydrogens is 249 g/mol. The molecule has 0 fully saturated rings. The maximum Gasteiger partial charge on any atom is 0.241 e. The molecule has 0 aliphatic heterocycles. The molecule has 1 rings (SSSR count). The number of hydrogen-bond acceptors (Lipinski definition) is 4. The maximum atomic E-state index is 13.3. The number of nitrogens with one attached hydrogen (secondary N) is 1. The van der Waals surface area contributed by atoms with Crippen molar-refractivity contribution in [3.05, 3.63) is 23.5 Å². The van der Waals surface area contributed by atoms with Gasteiger partial charge in [-0.15, -0.1) is 0 Å². The van der Waals surface area contributed by atoms with Gasteiger partial charge in [0, 0.05) is 11.3 Å². The monoisotopic (exact) mass is 261 g/mol. The Morgan fingerprint density at radius 3 is 2.59 bits per heavy atom. The van der Waals surface area contributed by atoms with Crippen molar-refractivity contribution in [1.82, 2.24) is 4.72 Å². The Kier molecular flexibility index (Phi) is 3.69. The van der Waals surface area contributed by atoms with Gasteiger partial charge in [0.05, 0.1) is 11.4 Å². The summed E-state index contributed by atoms with van der Waals surface area (Å²) in [7, 11) is -4.00. The minimum Gasteiger partial charge on any atom is -0.399 e. The number of nitrogens with two attached hydrogens (primary N) is 2. The third-order valence-corrected chi connectivity index (χ3v) is 3.57. The number of amides is 1. The molecule has 0 saturated heterocycles. The molecule has 0 aliphatic rings. The molecule has 0 heterocycles. The van der Waals surface area contributed by atoms with Crippen LogP contribution in [-0.4, -0.2) is 20.9 Å². The lowest BCUT2D eigenvalue weighted by Gasteiger charge is -2.09. The summed E-state index contributed by atoms with van der Waals surface area (Å²) in [6, 6.07) is 2.13. The van der Waals surface area contributed by atoms with Gasteiger partial charge >= 0.3 is 0 Å². The summed E-state index contributed by atoms with van der Waals surface area (Å²) in [4.78, 5) is 10.2. The van der Waals surface area contributed by atoms with E-state index in [2.05, 4.69) is 0 Å². The van der Waals surface area contributed by atoms with Gasteiger partial charge in [-0.1, -0.05) is 0 Å². The zero-order chi connectivity index (χ0) is 13.2. The van der Waals surface area contributed by atoms with E-state index in [0.717, 1.165) is 12.1 Å². The van der Waals surface area contributed by atoms with Gasteiger partial charge in [0.1, 0.15) is 5.82 Å². The van der Waals surface area contributed by atoms with E-state index in [9.17, 15) is 17.6 Å². The zero-order valence-electron chi connectivity index (χ0n) is 9.03. The quantitative estimate of drug-likeness (QED) is 0.632. The van der Waals surface area contributed by atoms with Crippen molar-refractivity contribution in [3.8, 4) is 0 Å². The summed E-state index contributed by atoms with van der Waals surface area (Å²) in [5.41, 5.74) is 10.1. The molecule has 0 aliphatic carbocycles. The number of hydrogen-bond donors (Lipinski definition) is 3. The first-order valence-electron chi connectivity index (χ1n) is 4.57. The van der Waals surface area contributed by atoms with E-state index in [4.69, 9.17) is 11.5 Å². The third kappa shape index (κ3) is 3.14. The van der Waals surface area contributed by atoms with Crippen molar-refractivity contribution in [2.75, 3.05) is 12.3 Å². The molecule has 0 atom stereocenters. The van der Waals surface area contributed by atoms with Gasteiger partial charge in [0.15, 0.2) is 0 Å². The van der Waals surface area contributed by atoms with E-state index in [1.807, 2.05) is 4.72 Å². The summed E-state index contributed by atoms with van der Waals surface area (Å²) in [6.07, 6.45) is 0. The fourth-order valence-electron chi connectivity index (χ4n) is 1.20. The maximum absolute atomic E-state index is 13.3. The molecule has 5 N–H and O–H groups in total. The molecule has 17 heavy (non-hydrogen) atoms. The molecule has 1 aromatic rings. The van der Waals surface area contributed by atoms with Crippen LogP contribution in [0.1, 0.15) is 5.56 Å². The Hall–Kier alpha value is -1.67. The predicted octanol–water partition coefficient (Wildman–Crippen LogP) is -0.520. The standard InChI is InChI=1S/C9H12FN3O3S/c1-5-7(10)2-6(11)3-8(5)17(15,16)13-4-9(12)14/h2-3,13H,4,11H2,1H3,(H2,12,14). The van der Waals surface area contributed by atoms with Gasteiger partial charge < -0.3 is 11.5 Å². The van der Waals surface area contributed by atoms with Crippen LogP contribution in [0, 0.1) is 12.7 Å². The van der Waals surface area contributed by atoms with Gasteiger partial charge in [0.2, 0.25) is 15.9 Å². The second-order valence-electron chi connectivity index (χ2n) is 3.42. The first kappa shape index (κ1) is 13.4. The largest absolute Gasteiger partial charge is 0.399 e. The Morgan fingerprint density at radius 1 is 1.47 bits per heavy atom. The Bertz CT molecular complexity index is 557. The van der Waals surface area contributed by atoms with E-state index < -0.39 is 28.3 Å². The number of sulfonamides is 1. The van der Waals surface area contributed by atoms with Gasteiger partial charge in [-0.05, 0) is 19.1 Å². The van der Waals surface area contributed by atoms with E-state index in [0.29, 0.717) is 0 Å². The molecule has 0 saturated carbocycles. The lowest BCUT2D eigenvalue weighted by molar-refractivity contribution is -0.116. The summed E-state index contributed by atoms with van der Waals surface area (Å²) in [6.45, 7) is 0.742. The molecular formula is C9H12FN3O3S. The minimum atomic E-state index is -4.00. The van der Waals surface area contributed by atoms with Crippen LogP contribution >= 0.6 is 0 Å². The summed E-state index contributed by atoms with van der Waals surface area (Å²) in [5.74, 6) is -1.57. The number of carbonyl (C=O) groups excluding carboxylic acids is 1. The van der Waals surface area contributed by atoms with Crippen LogP contribution < -0.4 is 16.2 Å². The second-order valence-corrected chi connectivity index (χ2v) is 5.15. The van der Waals surface area contributed by atoms with E-state index in [1.165, 1.54) is 6.92 Å². The van der Waals surface area contributed by atoms with Crippen LogP contribution in [0.25, 0.3) is 0 Å². The molecule has 1 amide bonds. The second kappa shape index (κ2) is 4.68. The van der Waals surface area contributed by atoms with Crippen LogP contribution in [0.4, 0.5) is 10.1 Å². The van der Waals surface area contributed by atoms with Crippen LogP contribution in [0.5, 0.6) is 0 Å². The Labute approximate surface area is 97.8 Å². The average molecular weight is 261 g/mol. The molecule has 0 spiro atoms. The average Bonchev–Trinajstić information content (AvgIpc) is 2.20. The van der Waals surface area contributed by atoms with Crippen LogP contribution in [0.3, 0.4) is 0 Å². The fourth-order valence-corrected chi connectivity index (χ4v) is 2.48. The predicted molar refractivity (Wildman–Crippen MR) is 59.9 cm³/mol. The van der Waals surface area contributed by atoms with Crippen LogP contribution in [0.15, 0.2) is 17.0 Å². The minimum absolute atomic E-state index is 0.0208. The zero-order valence-corrected chi connectivity index (χ0v) is 9.84. The van der Waals surface area contributed by atoms with Crippen molar-refractivity contribution in [3.63, 3.8) is 0 Å². The molecule has 6 nitrogen and oxygen atoms in total. The Balaban J connectivity index is 3.19. The number of benzene rings is 1.